The summed E-state index contributed by atoms with van der Waals surface area (Å²) in [5.74, 6) is -0.266. The summed E-state index contributed by atoms with van der Waals surface area (Å²) in [6.07, 6.45) is 8.41. The summed E-state index contributed by atoms with van der Waals surface area (Å²) >= 11 is 7.67. The van der Waals surface area contributed by atoms with Gasteiger partial charge in [0.05, 0.1) is 21.7 Å². The molecule has 2 aromatic heterocycles. The van der Waals surface area contributed by atoms with Gasteiger partial charge in [-0.15, -0.1) is 0 Å². The molecule has 0 N–H and O–H groups in total. The molecule has 10 heteroatoms. The van der Waals surface area contributed by atoms with E-state index < -0.39 is 10.0 Å². The summed E-state index contributed by atoms with van der Waals surface area (Å²) in [6.45, 7) is 4.54. The summed E-state index contributed by atoms with van der Waals surface area (Å²) in [7, 11) is -3.66. The fourth-order valence-corrected chi connectivity index (χ4v) is 8.32. The number of fused-ring (bicyclic) bond motifs is 1. The number of benzene rings is 2. The van der Waals surface area contributed by atoms with Crippen molar-refractivity contribution in [3.63, 3.8) is 0 Å². The second-order valence-electron chi connectivity index (χ2n) is 9.84. The van der Waals surface area contributed by atoms with Crippen LogP contribution in [0.4, 0.5) is 5.13 Å². The van der Waals surface area contributed by atoms with Gasteiger partial charge in [-0.2, -0.15) is 4.31 Å². The second kappa shape index (κ2) is 11.7. The second-order valence-corrected chi connectivity index (χ2v) is 13.2. The van der Waals surface area contributed by atoms with E-state index in [1.807, 2.05) is 38.1 Å². The molecule has 0 saturated heterocycles. The van der Waals surface area contributed by atoms with E-state index >= 15 is 0 Å². The van der Waals surface area contributed by atoms with E-state index in [0.717, 1.165) is 53.4 Å². The molecular weight excluding hydrogens is 552 g/mol. The third-order valence-electron chi connectivity index (χ3n) is 7.21. The Morgan fingerprint density at radius 2 is 1.74 bits per heavy atom. The maximum atomic E-state index is 13.9. The molecule has 1 fully saturated rings. The summed E-state index contributed by atoms with van der Waals surface area (Å²) < 4.78 is 29.5. The molecule has 0 aliphatic heterocycles. The van der Waals surface area contributed by atoms with Crippen LogP contribution in [0.1, 0.15) is 60.5 Å². The molecule has 2 heterocycles. The van der Waals surface area contributed by atoms with Crippen molar-refractivity contribution in [1.82, 2.24) is 14.3 Å². The largest absolute Gasteiger partial charge is 0.279 e. The van der Waals surface area contributed by atoms with Crippen molar-refractivity contribution in [2.45, 2.75) is 63.4 Å². The van der Waals surface area contributed by atoms with Crippen LogP contribution in [0, 0.1) is 6.92 Å². The van der Waals surface area contributed by atoms with E-state index in [0.29, 0.717) is 28.8 Å². The Morgan fingerprint density at radius 1 is 1.05 bits per heavy atom. The monoisotopic (exact) mass is 582 g/mol. The van der Waals surface area contributed by atoms with E-state index in [2.05, 4.69) is 4.98 Å². The van der Waals surface area contributed by atoms with E-state index in [1.165, 1.54) is 11.3 Å². The molecule has 0 unspecified atom stereocenters. The Balaban J connectivity index is 1.47. The number of thiazole rings is 1. The van der Waals surface area contributed by atoms with Crippen LogP contribution in [0.2, 0.25) is 5.02 Å². The van der Waals surface area contributed by atoms with Crippen molar-refractivity contribution in [1.29, 1.82) is 0 Å². The Labute approximate surface area is 238 Å². The molecule has 1 aliphatic rings. The van der Waals surface area contributed by atoms with Gasteiger partial charge in [0.25, 0.3) is 5.91 Å². The highest BCUT2D eigenvalue weighted by Crippen LogP contribution is 2.35. The maximum absolute atomic E-state index is 13.9. The van der Waals surface area contributed by atoms with Gasteiger partial charge in [0, 0.05) is 35.6 Å². The zero-order valence-electron chi connectivity index (χ0n) is 22.0. The number of hydrogen-bond donors (Lipinski definition) is 0. The van der Waals surface area contributed by atoms with Crippen molar-refractivity contribution in [2.24, 2.45) is 0 Å². The number of halogens is 1. The number of pyridine rings is 1. The zero-order valence-corrected chi connectivity index (χ0v) is 24.4. The molecule has 7 nitrogen and oxygen atoms in total. The standard InChI is InChI=1S/C29H31ClN4O3S2/c1-3-34(24-7-5-4-6-8-24)39(36,37)25-11-9-22(10-12-25)28(35)33(19-21-13-15-31-16-14-21)29-32-27-20(2)17-23(30)18-26(27)38-29/h9-18,24H,3-8,19H2,1-2H3. The Morgan fingerprint density at radius 3 is 2.41 bits per heavy atom. The molecule has 0 bridgehead atoms. The fraction of sp³-hybridized carbons (Fsp3) is 0.345. The van der Waals surface area contributed by atoms with Gasteiger partial charge in [-0.3, -0.25) is 14.7 Å². The van der Waals surface area contributed by atoms with Crippen LogP contribution in [0.3, 0.4) is 0 Å². The van der Waals surface area contributed by atoms with Gasteiger partial charge in [-0.1, -0.05) is 49.1 Å². The molecular formula is C29H31ClN4O3S2. The molecule has 2 aromatic carbocycles. The fourth-order valence-electron chi connectivity index (χ4n) is 5.21. The number of carbonyl (C=O) groups is 1. The number of hydrogen-bond acceptors (Lipinski definition) is 6. The van der Waals surface area contributed by atoms with Gasteiger partial charge in [-0.25, -0.2) is 13.4 Å². The van der Waals surface area contributed by atoms with Crippen molar-refractivity contribution < 1.29 is 13.2 Å². The van der Waals surface area contributed by atoms with Crippen molar-refractivity contribution in [3.05, 3.63) is 82.6 Å². The molecule has 0 atom stereocenters. The van der Waals surface area contributed by atoms with E-state index in [4.69, 9.17) is 16.6 Å². The first-order valence-electron chi connectivity index (χ1n) is 13.2. The van der Waals surface area contributed by atoms with Crippen molar-refractivity contribution >= 4 is 54.2 Å². The van der Waals surface area contributed by atoms with E-state index in [1.54, 1.807) is 45.9 Å². The first kappa shape index (κ1) is 27.7. The van der Waals surface area contributed by atoms with Crippen LogP contribution in [-0.2, 0) is 16.6 Å². The zero-order chi connectivity index (χ0) is 27.6. The smallest absolute Gasteiger partial charge is 0.260 e. The maximum Gasteiger partial charge on any atom is 0.260 e. The van der Waals surface area contributed by atoms with Crippen molar-refractivity contribution in [3.8, 4) is 0 Å². The quantitative estimate of drug-likeness (QED) is 0.227. The lowest BCUT2D eigenvalue weighted by Gasteiger charge is -2.32. The first-order chi connectivity index (χ1) is 18.8. The molecule has 4 aromatic rings. The number of sulfonamides is 1. The van der Waals surface area contributed by atoms with E-state index in [9.17, 15) is 13.2 Å². The lowest BCUT2D eigenvalue weighted by Crippen LogP contribution is -2.41. The number of aromatic nitrogens is 2. The lowest BCUT2D eigenvalue weighted by molar-refractivity contribution is 0.0985. The van der Waals surface area contributed by atoms with Crippen LogP contribution >= 0.6 is 22.9 Å². The van der Waals surface area contributed by atoms with Gasteiger partial charge >= 0.3 is 0 Å². The molecule has 0 spiro atoms. The lowest BCUT2D eigenvalue weighted by atomic mass is 9.95. The first-order valence-corrected chi connectivity index (χ1v) is 15.8. The van der Waals surface area contributed by atoms with Crippen LogP contribution in [0.5, 0.6) is 0 Å². The Kier molecular flexibility index (Phi) is 8.32. The summed E-state index contributed by atoms with van der Waals surface area (Å²) in [6, 6.07) is 13.7. The predicted octanol–water partition coefficient (Wildman–Crippen LogP) is 6.84. The number of amides is 1. The van der Waals surface area contributed by atoms with Gasteiger partial charge in [0.15, 0.2) is 5.13 Å². The normalized spacial score (nSPS) is 14.7. The topological polar surface area (TPSA) is 83.5 Å². The van der Waals surface area contributed by atoms with Crippen LogP contribution in [0.15, 0.2) is 65.8 Å². The van der Waals surface area contributed by atoms with Crippen LogP contribution < -0.4 is 4.90 Å². The molecule has 39 heavy (non-hydrogen) atoms. The van der Waals surface area contributed by atoms with Gasteiger partial charge < -0.3 is 0 Å². The molecule has 1 aliphatic carbocycles. The minimum atomic E-state index is -3.66. The third-order valence-corrected chi connectivity index (χ3v) is 10.5. The van der Waals surface area contributed by atoms with Crippen molar-refractivity contribution in [2.75, 3.05) is 11.4 Å². The number of carbonyl (C=O) groups excluding carboxylic acids is 1. The molecule has 5 rings (SSSR count). The van der Waals surface area contributed by atoms with E-state index in [-0.39, 0.29) is 16.8 Å². The minimum Gasteiger partial charge on any atom is -0.279 e. The Hall–Kier alpha value is -2.85. The number of anilines is 1. The molecule has 1 amide bonds. The van der Waals surface area contributed by atoms with Crippen LogP contribution in [-0.4, -0.2) is 41.2 Å². The summed E-state index contributed by atoms with van der Waals surface area (Å²) in [4.78, 5) is 24.6. The highest BCUT2D eigenvalue weighted by Gasteiger charge is 2.31. The predicted molar refractivity (Wildman–Crippen MR) is 157 cm³/mol. The number of rotatable bonds is 8. The molecule has 1 saturated carbocycles. The molecule has 204 valence electrons. The molecule has 0 radical (unpaired) electrons. The highest BCUT2D eigenvalue weighted by atomic mass is 35.5. The van der Waals surface area contributed by atoms with Gasteiger partial charge in [0.2, 0.25) is 10.0 Å². The summed E-state index contributed by atoms with van der Waals surface area (Å²) in [5.41, 5.74) is 3.02. The highest BCUT2D eigenvalue weighted by molar-refractivity contribution is 7.89. The van der Waals surface area contributed by atoms with Crippen LogP contribution in [0.25, 0.3) is 10.2 Å². The average molecular weight is 583 g/mol. The van der Waals surface area contributed by atoms with Gasteiger partial charge in [-0.05, 0) is 79.4 Å². The van der Waals surface area contributed by atoms with Gasteiger partial charge in [0.1, 0.15) is 0 Å². The average Bonchev–Trinajstić information content (AvgIpc) is 3.37. The summed E-state index contributed by atoms with van der Waals surface area (Å²) in [5, 5.41) is 1.16. The minimum absolute atomic E-state index is 0.0295. The number of nitrogens with zero attached hydrogens (tertiary/aromatic N) is 4. The Bertz CT molecular complexity index is 1570. The SMILES string of the molecule is CCN(C1CCCCC1)S(=O)(=O)c1ccc(C(=O)N(Cc2ccncc2)c2nc3c(C)cc(Cl)cc3s2)cc1. The third kappa shape index (κ3) is 5.87. The number of aryl methyl sites for hydroxylation is 1.